The summed E-state index contributed by atoms with van der Waals surface area (Å²) in [7, 11) is 3.52. The van der Waals surface area contributed by atoms with Gasteiger partial charge in [0.05, 0.1) is 24.5 Å². The number of rotatable bonds is 6. The number of methoxy groups -OCH3 is 1. The molecule has 0 saturated heterocycles. The van der Waals surface area contributed by atoms with Crippen LogP contribution in [0.4, 0.5) is 0 Å². The molecule has 1 N–H and O–H groups in total. The second-order valence-corrected chi connectivity index (χ2v) is 6.61. The largest absolute Gasteiger partial charge is 0.497 e. The van der Waals surface area contributed by atoms with E-state index in [9.17, 15) is 4.79 Å². The Balaban J connectivity index is 1.67. The first-order valence-corrected chi connectivity index (χ1v) is 8.78. The summed E-state index contributed by atoms with van der Waals surface area (Å²) in [6, 6.07) is 9.20. The lowest BCUT2D eigenvalue weighted by atomic mass is 10.1. The van der Waals surface area contributed by atoms with E-state index in [1.165, 1.54) is 0 Å². The fraction of sp³-hybridized carbons (Fsp3) is 0.350. The number of carbonyl (C=O) groups excluding carboxylic acids is 1. The molecule has 1 aromatic carbocycles. The number of amides is 1. The first kappa shape index (κ1) is 18.7. The van der Waals surface area contributed by atoms with Crippen molar-refractivity contribution in [3.05, 3.63) is 64.3 Å². The van der Waals surface area contributed by atoms with Crippen LogP contribution in [0.2, 0.25) is 0 Å². The Hall–Kier alpha value is -3.09. The maximum atomic E-state index is 12.5. The minimum atomic E-state index is -0.293. The van der Waals surface area contributed by atoms with Gasteiger partial charge in [-0.25, -0.2) is 0 Å². The van der Waals surface area contributed by atoms with E-state index in [2.05, 4.69) is 15.6 Å². The number of nitrogens with zero attached hydrogens (tertiary/aromatic N) is 3. The number of hydrogen-bond donors (Lipinski definition) is 1. The molecule has 0 saturated carbocycles. The number of hydrogen-bond acceptors (Lipinski definition) is 5. The Bertz CT molecular complexity index is 941. The van der Waals surface area contributed by atoms with Crippen molar-refractivity contribution in [3.63, 3.8) is 0 Å². The Morgan fingerprint density at radius 1 is 1.30 bits per heavy atom. The quantitative estimate of drug-likeness (QED) is 0.723. The topological polar surface area (TPSA) is 82.2 Å². The van der Waals surface area contributed by atoms with Gasteiger partial charge in [-0.1, -0.05) is 17.3 Å². The highest BCUT2D eigenvalue weighted by Crippen LogP contribution is 2.21. The minimum absolute atomic E-state index is 0.179. The maximum absolute atomic E-state index is 12.5. The zero-order chi connectivity index (χ0) is 19.6. The van der Waals surface area contributed by atoms with Gasteiger partial charge in [-0.2, -0.15) is 5.10 Å². The summed E-state index contributed by atoms with van der Waals surface area (Å²) < 4.78 is 12.2. The first-order chi connectivity index (χ1) is 12.9. The number of carbonyl (C=O) groups is 1. The van der Waals surface area contributed by atoms with Crippen LogP contribution < -0.4 is 10.1 Å². The SMILES string of the molecule is COc1ccc(Cc2cc(C(=O)NC(C)c3c(C)nn(C)c3C)on2)cc1. The molecule has 3 rings (SSSR count). The van der Waals surface area contributed by atoms with E-state index in [4.69, 9.17) is 9.26 Å². The van der Waals surface area contributed by atoms with E-state index in [1.54, 1.807) is 13.2 Å². The normalized spacial score (nSPS) is 12.0. The minimum Gasteiger partial charge on any atom is -0.497 e. The van der Waals surface area contributed by atoms with Gasteiger partial charge in [-0.05, 0) is 38.5 Å². The highest BCUT2D eigenvalue weighted by molar-refractivity contribution is 5.91. The fourth-order valence-corrected chi connectivity index (χ4v) is 3.21. The second-order valence-electron chi connectivity index (χ2n) is 6.61. The van der Waals surface area contributed by atoms with E-state index in [0.29, 0.717) is 12.1 Å². The average Bonchev–Trinajstić information content (AvgIpc) is 3.20. The van der Waals surface area contributed by atoms with Crippen LogP contribution in [0.25, 0.3) is 0 Å². The molecule has 1 atom stereocenters. The lowest BCUT2D eigenvalue weighted by Crippen LogP contribution is -2.27. The van der Waals surface area contributed by atoms with Crippen molar-refractivity contribution in [2.75, 3.05) is 7.11 Å². The van der Waals surface area contributed by atoms with E-state index in [1.807, 2.05) is 56.8 Å². The highest BCUT2D eigenvalue weighted by atomic mass is 16.5. The van der Waals surface area contributed by atoms with Crippen LogP contribution in [0, 0.1) is 13.8 Å². The lowest BCUT2D eigenvalue weighted by molar-refractivity contribution is 0.0902. The van der Waals surface area contributed by atoms with Crippen LogP contribution in [0.5, 0.6) is 5.75 Å². The van der Waals surface area contributed by atoms with Crippen LogP contribution in [0.3, 0.4) is 0 Å². The van der Waals surface area contributed by atoms with Crippen molar-refractivity contribution >= 4 is 5.91 Å². The monoisotopic (exact) mass is 368 g/mol. The molecule has 7 heteroatoms. The smallest absolute Gasteiger partial charge is 0.290 e. The molecule has 0 radical (unpaired) electrons. The summed E-state index contributed by atoms with van der Waals surface area (Å²) in [5.74, 6) is 0.706. The summed E-state index contributed by atoms with van der Waals surface area (Å²) in [6.45, 7) is 5.86. The highest BCUT2D eigenvalue weighted by Gasteiger charge is 2.21. The number of aromatic nitrogens is 3. The number of nitrogens with one attached hydrogen (secondary N) is 1. The van der Waals surface area contributed by atoms with Crippen molar-refractivity contribution < 1.29 is 14.1 Å². The van der Waals surface area contributed by atoms with E-state index in [0.717, 1.165) is 28.3 Å². The fourth-order valence-electron chi connectivity index (χ4n) is 3.21. The van der Waals surface area contributed by atoms with Crippen molar-refractivity contribution in [1.82, 2.24) is 20.3 Å². The van der Waals surface area contributed by atoms with E-state index in [-0.39, 0.29) is 17.7 Å². The molecule has 0 fully saturated rings. The molecule has 7 nitrogen and oxygen atoms in total. The van der Waals surface area contributed by atoms with Crippen LogP contribution in [0.15, 0.2) is 34.9 Å². The molecule has 0 bridgehead atoms. The maximum Gasteiger partial charge on any atom is 0.290 e. The van der Waals surface area contributed by atoms with Gasteiger partial charge in [0.25, 0.3) is 5.91 Å². The summed E-state index contributed by atoms with van der Waals surface area (Å²) in [4.78, 5) is 12.5. The number of benzene rings is 1. The molecule has 1 unspecified atom stereocenters. The van der Waals surface area contributed by atoms with Crippen LogP contribution in [-0.2, 0) is 13.5 Å². The van der Waals surface area contributed by atoms with Crippen LogP contribution >= 0.6 is 0 Å². The molecule has 0 aliphatic carbocycles. The molecule has 0 aliphatic rings. The molecular formula is C20H24N4O3. The molecule has 2 heterocycles. The molecule has 0 spiro atoms. The third-order valence-corrected chi connectivity index (χ3v) is 4.67. The number of ether oxygens (including phenoxy) is 1. The third-order valence-electron chi connectivity index (χ3n) is 4.67. The number of aryl methyl sites for hydroxylation is 2. The molecule has 3 aromatic rings. The molecule has 27 heavy (non-hydrogen) atoms. The zero-order valence-corrected chi connectivity index (χ0v) is 16.2. The van der Waals surface area contributed by atoms with E-state index >= 15 is 0 Å². The van der Waals surface area contributed by atoms with Crippen molar-refractivity contribution in [3.8, 4) is 5.75 Å². The predicted octanol–water partition coefficient (Wildman–Crippen LogP) is 3.12. The molecule has 142 valence electrons. The summed E-state index contributed by atoms with van der Waals surface area (Å²) in [6.07, 6.45) is 0.581. The first-order valence-electron chi connectivity index (χ1n) is 8.78. The predicted molar refractivity (Wildman–Crippen MR) is 101 cm³/mol. The molecule has 2 aromatic heterocycles. The average molecular weight is 368 g/mol. The van der Waals surface area contributed by atoms with Gasteiger partial charge in [-0.3, -0.25) is 9.48 Å². The Kier molecular flexibility index (Phi) is 5.30. The van der Waals surface area contributed by atoms with Gasteiger partial charge in [0.15, 0.2) is 0 Å². The van der Waals surface area contributed by atoms with Crippen molar-refractivity contribution in [1.29, 1.82) is 0 Å². The summed E-state index contributed by atoms with van der Waals surface area (Å²) in [5.41, 5.74) is 4.71. The zero-order valence-electron chi connectivity index (χ0n) is 16.2. The van der Waals surface area contributed by atoms with Gasteiger partial charge in [0.2, 0.25) is 5.76 Å². The van der Waals surface area contributed by atoms with Gasteiger partial charge < -0.3 is 14.6 Å². The Morgan fingerprint density at radius 3 is 2.59 bits per heavy atom. The van der Waals surface area contributed by atoms with Gasteiger partial charge >= 0.3 is 0 Å². The molecular weight excluding hydrogens is 344 g/mol. The van der Waals surface area contributed by atoms with Gasteiger partial charge in [0.1, 0.15) is 5.75 Å². The van der Waals surface area contributed by atoms with Crippen molar-refractivity contribution in [2.24, 2.45) is 7.05 Å². The van der Waals surface area contributed by atoms with Crippen LogP contribution in [0.1, 0.15) is 51.7 Å². The van der Waals surface area contributed by atoms with Crippen LogP contribution in [-0.4, -0.2) is 28.0 Å². The molecule has 1 amide bonds. The standard InChI is InChI=1S/C20H24N4O3/c1-12(19-13(2)22-24(4)14(19)3)21-20(25)18-11-16(23-27-18)10-15-6-8-17(26-5)9-7-15/h6-9,11-12H,10H2,1-5H3,(H,21,25). The summed E-state index contributed by atoms with van der Waals surface area (Å²) in [5, 5.41) is 11.4. The van der Waals surface area contributed by atoms with Gasteiger partial charge in [-0.15, -0.1) is 0 Å². The van der Waals surface area contributed by atoms with Crippen molar-refractivity contribution in [2.45, 2.75) is 33.2 Å². The Labute approximate surface area is 158 Å². The second kappa shape index (κ2) is 7.65. The Morgan fingerprint density at radius 2 is 2.00 bits per heavy atom. The summed E-state index contributed by atoms with van der Waals surface area (Å²) >= 11 is 0. The third kappa shape index (κ3) is 4.02. The lowest BCUT2D eigenvalue weighted by Gasteiger charge is -2.13. The molecule has 0 aliphatic heterocycles. The van der Waals surface area contributed by atoms with E-state index < -0.39 is 0 Å². The van der Waals surface area contributed by atoms with Gasteiger partial charge in [0, 0.05) is 30.8 Å².